The van der Waals surface area contributed by atoms with Crippen LogP contribution in [0.2, 0.25) is 0 Å². The second-order valence-electron chi connectivity index (χ2n) is 6.33. The molecule has 0 saturated carbocycles. The van der Waals surface area contributed by atoms with Crippen LogP contribution in [0.1, 0.15) is 5.56 Å². The minimum atomic E-state index is -3.77. The summed E-state index contributed by atoms with van der Waals surface area (Å²) in [7, 11) is -3.77. The molecule has 0 heterocycles. The maximum absolute atomic E-state index is 12.4. The van der Waals surface area contributed by atoms with Gasteiger partial charge in [-0.05, 0) is 29.1 Å². The van der Waals surface area contributed by atoms with Gasteiger partial charge in [-0.15, -0.1) is 0 Å². The monoisotopic (exact) mass is 390 g/mol. The van der Waals surface area contributed by atoms with E-state index in [0.717, 1.165) is 10.8 Å². The predicted octanol–water partition coefficient (Wildman–Crippen LogP) is 5.54. The zero-order valence-electron chi connectivity index (χ0n) is 15.0. The fourth-order valence-electron chi connectivity index (χ4n) is 2.96. The summed E-state index contributed by atoms with van der Waals surface area (Å²) in [5.74, 6) is 1.22. The van der Waals surface area contributed by atoms with Gasteiger partial charge in [-0.1, -0.05) is 72.8 Å². The second-order valence-corrected chi connectivity index (χ2v) is 7.90. The number of rotatable bonds is 6. The van der Waals surface area contributed by atoms with Gasteiger partial charge in [0.05, 0.1) is 0 Å². The molecule has 0 amide bonds. The van der Waals surface area contributed by atoms with E-state index in [-0.39, 0.29) is 11.5 Å². The molecule has 0 aliphatic rings. The Balaban J connectivity index is 1.54. The summed E-state index contributed by atoms with van der Waals surface area (Å²) in [6.45, 7) is 0. The van der Waals surface area contributed by atoms with Crippen LogP contribution in [0.3, 0.4) is 0 Å². The standard InChI is InChI=1S/C23H18O4S/c24-28(25,17-18-8-2-1-3-9-18)27-21-13-7-12-20(16-21)26-23-15-6-11-19-10-4-5-14-22(19)23/h1-16H,17H2. The molecule has 0 fully saturated rings. The van der Waals surface area contributed by atoms with Gasteiger partial charge < -0.3 is 8.92 Å². The first kappa shape index (κ1) is 18.1. The highest BCUT2D eigenvalue weighted by Gasteiger charge is 2.14. The number of benzene rings is 4. The molecule has 0 radical (unpaired) electrons. The van der Waals surface area contributed by atoms with Gasteiger partial charge in [0.15, 0.2) is 0 Å². The summed E-state index contributed by atoms with van der Waals surface area (Å²) in [4.78, 5) is 0. The van der Waals surface area contributed by atoms with Gasteiger partial charge in [0.1, 0.15) is 23.0 Å². The van der Waals surface area contributed by atoms with Gasteiger partial charge in [0, 0.05) is 11.5 Å². The van der Waals surface area contributed by atoms with Crippen LogP contribution in [-0.4, -0.2) is 8.42 Å². The van der Waals surface area contributed by atoms with Crippen molar-refractivity contribution in [1.29, 1.82) is 0 Å². The van der Waals surface area contributed by atoms with Crippen LogP contribution < -0.4 is 8.92 Å². The summed E-state index contributed by atoms with van der Waals surface area (Å²) < 4.78 is 36.0. The molecule has 4 nitrogen and oxygen atoms in total. The molecular formula is C23H18O4S. The molecule has 140 valence electrons. The average molecular weight is 390 g/mol. The molecule has 0 aromatic heterocycles. The largest absolute Gasteiger partial charge is 0.457 e. The predicted molar refractivity (Wildman–Crippen MR) is 110 cm³/mol. The van der Waals surface area contributed by atoms with E-state index in [1.165, 1.54) is 0 Å². The Bertz CT molecular complexity index is 1200. The van der Waals surface area contributed by atoms with Gasteiger partial charge in [0.25, 0.3) is 0 Å². The topological polar surface area (TPSA) is 52.6 Å². The Labute approximate surface area is 164 Å². The van der Waals surface area contributed by atoms with Crippen LogP contribution >= 0.6 is 0 Å². The SMILES string of the molecule is O=S(=O)(Cc1ccccc1)Oc1cccc(Oc2cccc3ccccc23)c1. The molecule has 0 N–H and O–H groups in total. The molecule has 0 spiro atoms. The van der Waals surface area contributed by atoms with Crippen LogP contribution in [0, 0.1) is 0 Å². The van der Waals surface area contributed by atoms with Crippen LogP contribution in [0.15, 0.2) is 97.1 Å². The average Bonchev–Trinajstić information content (AvgIpc) is 2.68. The normalized spacial score (nSPS) is 11.3. The Morgan fingerprint density at radius 2 is 1.36 bits per heavy atom. The maximum atomic E-state index is 12.4. The third-order valence-corrected chi connectivity index (χ3v) is 5.33. The van der Waals surface area contributed by atoms with E-state index in [9.17, 15) is 8.42 Å². The highest BCUT2D eigenvalue weighted by atomic mass is 32.2. The van der Waals surface area contributed by atoms with Crippen molar-refractivity contribution in [3.63, 3.8) is 0 Å². The van der Waals surface area contributed by atoms with E-state index in [2.05, 4.69) is 0 Å². The second kappa shape index (κ2) is 7.74. The number of hydrogen-bond donors (Lipinski definition) is 0. The quantitative estimate of drug-likeness (QED) is 0.406. The lowest BCUT2D eigenvalue weighted by atomic mass is 10.1. The van der Waals surface area contributed by atoms with Crippen molar-refractivity contribution in [3.8, 4) is 17.2 Å². The van der Waals surface area contributed by atoms with E-state index in [1.807, 2.05) is 48.5 Å². The van der Waals surface area contributed by atoms with Crippen LogP contribution in [0.25, 0.3) is 10.8 Å². The highest BCUT2D eigenvalue weighted by Crippen LogP contribution is 2.31. The molecule has 4 aromatic rings. The van der Waals surface area contributed by atoms with Crippen molar-refractivity contribution >= 4 is 20.9 Å². The number of ether oxygens (including phenoxy) is 1. The molecule has 0 aliphatic heterocycles. The molecular weight excluding hydrogens is 372 g/mol. The van der Waals surface area contributed by atoms with Gasteiger partial charge >= 0.3 is 10.1 Å². The first-order valence-corrected chi connectivity index (χ1v) is 10.4. The maximum Gasteiger partial charge on any atom is 0.313 e. The zero-order chi connectivity index (χ0) is 19.4. The van der Waals surface area contributed by atoms with Crippen molar-refractivity contribution in [3.05, 3.63) is 103 Å². The van der Waals surface area contributed by atoms with Crippen molar-refractivity contribution in [2.75, 3.05) is 0 Å². The molecule has 5 heteroatoms. The van der Waals surface area contributed by atoms with Crippen LogP contribution in [0.4, 0.5) is 0 Å². The van der Waals surface area contributed by atoms with Crippen molar-refractivity contribution < 1.29 is 17.3 Å². The van der Waals surface area contributed by atoms with E-state index < -0.39 is 10.1 Å². The Kier molecular flexibility index (Phi) is 5.00. The van der Waals surface area contributed by atoms with Crippen LogP contribution in [-0.2, 0) is 15.9 Å². The van der Waals surface area contributed by atoms with Crippen LogP contribution in [0.5, 0.6) is 17.2 Å². The molecule has 0 aliphatic carbocycles. The Morgan fingerprint density at radius 1 is 0.679 bits per heavy atom. The molecule has 4 rings (SSSR count). The van der Waals surface area contributed by atoms with Gasteiger partial charge in [-0.2, -0.15) is 8.42 Å². The van der Waals surface area contributed by atoms with E-state index >= 15 is 0 Å². The first-order valence-electron chi connectivity index (χ1n) is 8.81. The smallest absolute Gasteiger partial charge is 0.313 e. The minimum absolute atomic E-state index is 0.192. The van der Waals surface area contributed by atoms with E-state index in [1.54, 1.807) is 48.5 Å². The molecule has 0 unspecified atom stereocenters. The summed E-state index contributed by atoms with van der Waals surface area (Å²) >= 11 is 0. The van der Waals surface area contributed by atoms with Crippen molar-refractivity contribution in [1.82, 2.24) is 0 Å². The van der Waals surface area contributed by atoms with Gasteiger partial charge in [-0.3, -0.25) is 0 Å². The fourth-order valence-corrected chi connectivity index (χ4v) is 4.01. The lowest BCUT2D eigenvalue weighted by Crippen LogP contribution is -2.12. The molecule has 0 bridgehead atoms. The fraction of sp³-hybridized carbons (Fsp3) is 0.0435. The molecule has 28 heavy (non-hydrogen) atoms. The molecule has 4 aromatic carbocycles. The summed E-state index contributed by atoms with van der Waals surface area (Å²) in [6, 6.07) is 29.3. The van der Waals surface area contributed by atoms with Crippen molar-refractivity contribution in [2.24, 2.45) is 0 Å². The lowest BCUT2D eigenvalue weighted by Gasteiger charge is -2.11. The first-order chi connectivity index (χ1) is 13.6. The number of hydrogen-bond acceptors (Lipinski definition) is 4. The lowest BCUT2D eigenvalue weighted by molar-refractivity contribution is 0.471. The Hall–Kier alpha value is -3.31. The van der Waals surface area contributed by atoms with Crippen molar-refractivity contribution in [2.45, 2.75) is 5.75 Å². The summed E-state index contributed by atoms with van der Waals surface area (Å²) in [5.41, 5.74) is 0.672. The molecule has 0 atom stereocenters. The summed E-state index contributed by atoms with van der Waals surface area (Å²) in [5, 5.41) is 2.05. The van der Waals surface area contributed by atoms with Gasteiger partial charge in [-0.25, -0.2) is 0 Å². The molecule has 0 saturated heterocycles. The van der Waals surface area contributed by atoms with Gasteiger partial charge in [0.2, 0.25) is 0 Å². The van der Waals surface area contributed by atoms with E-state index in [4.69, 9.17) is 8.92 Å². The highest BCUT2D eigenvalue weighted by molar-refractivity contribution is 7.86. The minimum Gasteiger partial charge on any atom is -0.457 e. The third-order valence-electron chi connectivity index (χ3n) is 4.19. The number of fused-ring (bicyclic) bond motifs is 1. The third kappa shape index (κ3) is 4.32. The zero-order valence-corrected chi connectivity index (χ0v) is 15.8. The van der Waals surface area contributed by atoms with E-state index in [0.29, 0.717) is 17.1 Å². The summed E-state index contributed by atoms with van der Waals surface area (Å²) in [6.07, 6.45) is 0. The Morgan fingerprint density at radius 3 is 2.21 bits per heavy atom.